The molecule has 0 aliphatic heterocycles. The highest BCUT2D eigenvalue weighted by atomic mass is 127. The van der Waals surface area contributed by atoms with Crippen LogP contribution in [0, 0.1) is 3.57 Å². The van der Waals surface area contributed by atoms with Gasteiger partial charge in [0.1, 0.15) is 0 Å². The van der Waals surface area contributed by atoms with Crippen LogP contribution in [0.3, 0.4) is 0 Å². The van der Waals surface area contributed by atoms with E-state index in [9.17, 15) is 4.79 Å². The van der Waals surface area contributed by atoms with Gasteiger partial charge in [-0.2, -0.15) is 0 Å². The summed E-state index contributed by atoms with van der Waals surface area (Å²) in [5.41, 5.74) is 0.801. The molecule has 0 spiro atoms. The maximum Gasteiger partial charge on any atom is 0.319 e. The Hall–Kier alpha value is -0.820. The van der Waals surface area contributed by atoms with E-state index in [1.54, 1.807) is 0 Å². The average Bonchev–Trinajstić information content (AvgIpc) is 2.36. The van der Waals surface area contributed by atoms with Crippen LogP contribution in [0.15, 0.2) is 24.3 Å². The highest BCUT2D eigenvalue weighted by molar-refractivity contribution is 14.1. The molecule has 18 heavy (non-hydrogen) atoms. The van der Waals surface area contributed by atoms with Gasteiger partial charge in [0.15, 0.2) is 0 Å². The zero-order chi connectivity index (χ0) is 13.2. The smallest absolute Gasteiger partial charge is 0.319 e. The van der Waals surface area contributed by atoms with Crippen LogP contribution in [-0.2, 0) is 4.74 Å². The van der Waals surface area contributed by atoms with Crippen LogP contribution in [0.25, 0.3) is 0 Å². The molecule has 0 fully saturated rings. The van der Waals surface area contributed by atoms with E-state index in [4.69, 9.17) is 4.74 Å². The van der Waals surface area contributed by atoms with Crippen molar-refractivity contribution < 1.29 is 9.53 Å². The van der Waals surface area contributed by atoms with Gasteiger partial charge in [0.05, 0.1) is 0 Å². The molecule has 0 aliphatic rings. The normalized spacial score (nSPS) is 10.1. The number of rotatable bonds is 7. The molecular weight excluding hydrogens is 343 g/mol. The summed E-state index contributed by atoms with van der Waals surface area (Å²) in [7, 11) is 0. The largest absolute Gasteiger partial charge is 0.381 e. The van der Waals surface area contributed by atoms with Gasteiger partial charge in [-0.1, -0.05) is 6.92 Å². The van der Waals surface area contributed by atoms with E-state index in [2.05, 4.69) is 40.1 Å². The summed E-state index contributed by atoms with van der Waals surface area (Å²) in [4.78, 5) is 11.5. The van der Waals surface area contributed by atoms with Gasteiger partial charge in [0, 0.05) is 29.0 Å². The molecule has 2 N–H and O–H groups in total. The van der Waals surface area contributed by atoms with Crippen molar-refractivity contribution in [2.45, 2.75) is 19.8 Å². The molecule has 0 bridgehead atoms. The lowest BCUT2D eigenvalue weighted by Crippen LogP contribution is -2.30. The van der Waals surface area contributed by atoms with Crippen molar-refractivity contribution in [3.05, 3.63) is 27.8 Å². The third-order valence-electron chi connectivity index (χ3n) is 2.20. The number of hydrogen-bond acceptors (Lipinski definition) is 2. The second-order valence-corrected chi connectivity index (χ2v) is 5.10. The monoisotopic (exact) mass is 362 g/mol. The first-order chi connectivity index (χ1) is 8.72. The van der Waals surface area contributed by atoms with E-state index in [1.807, 2.05) is 24.3 Å². The van der Waals surface area contributed by atoms with E-state index < -0.39 is 0 Å². The van der Waals surface area contributed by atoms with Crippen molar-refractivity contribution in [3.63, 3.8) is 0 Å². The van der Waals surface area contributed by atoms with Gasteiger partial charge in [-0.05, 0) is 59.7 Å². The molecule has 0 unspecified atom stereocenters. The van der Waals surface area contributed by atoms with Crippen molar-refractivity contribution in [2.24, 2.45) is 0 Å². The summed E-state index contributed by atoms with van der Waals surface area (Å²) in [6, 6.07) is 7.49. The molecule has 1 aromatic rings. The Kier molecular flexibility index (Phi) is 7.75. The quantitative estimate of drug-likeness (QED) is 0.578. The SMILES string of the molecule is CCCOCCCNC(=O)Nc1ccc(I)cc1. The van der Waals surface area contributed by atoms with Crippen LogP contribution in [0.4, 0.5) is 10.5 Å². The fraction of sp³-hybridized carbons (Fsp3) is 0.462. The summed E-state index contributed by atoms with van der Waals surface area (Å²) < 4.78 is 6.47. The van der Waals surface area contributed by atoms with Gasteiger partial charge < -0.3 is 15.4 Å². The third-order valence-corrected chi connectivity index (χ3v) is 2.92. The summed E-state index contributed by atoms with van der Waals surface area (Å²) in [6.07, 6.45) is 1.86. The first kappa shape index (κ1) is 15.2. The number of ether oxygens (including phenoxy) is 1. The Labute approximate surface area is 122 Å². The molecule has 1 rings (SSSR count). The predicted octanol–water partition coefficient (Wildman–Crippen LogP) is 3.23. The third kappa shape index (κ3) is 6.80. The number of nitrogens with one attached hydrogen (secondary N) is 2. The van der Waals surface area contributed by atoms with Gasteiger partial charge in [-0.15, -0.1) is 0 Å². The Balaban J connectivity index is 2.12. The average molecular weight is 362 g/mol. The van der Waals surface area contributed by atoms with E-state index >= 15 is 0 Å². The Morgan fingerprint density at radius 1 is 1.28 bits per heavy atom. The number of amides is 2. The lowest BCUT2D eigenvalue weighted by Gasteiger charge is -2.07. The molecule has 100 valence electrons. The zero-order valence-electron chi connectivity index (χ0n) is 10.5. The Morgan fingerprint density at radius 3 is 2.67 bits per heavy atom. The summed E-state index contributed by atoms with van der Waals surface area (Å²) in [5.74, 6) is 0. The van der Waals surface area contributed by atoms with Crippen molar-refractivity contribution in [1.29, 1.82) is 0 Å². The molecule has 5 heteroatoms. The van der Waals surface area contributed by atoms with Crippen LogP contribution < -0.4 is 10.6 Å². The Bertz CT molecular complexity index is 355. The van der Waals surface area contributed by atoms with Crippen LogP contribution in [0.2, 0.25) is 0 Å². The van der Waals surface area contributed by atoms with Gasteiger partial charge >= 0.3 is 6.03 Å². The lowest BCUT2D eigenvalue weighted by atomic mass is 10.3. The number of carbonyl (C=O) groups excluding carboxylic acids is 1. The molecule has 0 aromatic heterocycles. The molecule has 2 amide bonds. The molecule has 4 nitrogen and oxygen atoms in total. The molecule has 0 saturated heterocycles. The highest BCUT2D eigenvalue weighted by Crippen LogP contribution is 2.10. The molecule has 1 aromatic carbocycles. The molecule has 0 radical (unpaired) electrons. The predicted molar refractivity (Wildman–Crippen MR) is 81.9 cm³/mol. The Morgan fingerprint density at radius 2 is 2.00 bits per heavy atom. The van der Waals surface area contributed by atoms with E-state index in [0.29, 0.717) is 13.2 Å². The number of benzene rings is 1. The molecule has 0 heterocycles. The first-order valence-electron chi connectivity index (χ1n) is 6.10. The van der Waals surface area contributed by atoms with Crippen LogP contribution >= 0.6 is 22.6 Å². The number of urea groups is 1. The molecule has 0 atom stereocenters. The van der Waals surface area contributed by atoms with Gasteiger partial charge in [0.2, 0.25) is 0 Å². The summed E-state index contributed by atoms with van der Waals surface area (Å²) in [6.45, 7) is 4.18. The minimum atomic E-state index is -0.174. The number of carbonyl (C=O) groups is 1. The second kappa shape index (κ2) is 9.16. The van der Waals surface area contributed by atoms with Gasteiger partial charge in [-0.25, -0.2) is 4.79 Å². The van der Waals surface area contributed by atoms with E-state index in [0.717, 1.165) is 28.7 Å². The van der Waals surface area contributed by atoms with Crippen LogP contribution in [-0.4, -0.2) is 25.8 Å². The first-order valence-corrected chi connectivity index (χ1v) is 7.18. The highest BCUT2D eigenvalue weighted by Gasteiger charge is 2.00. The van der Waals surface area contributed by atoms with E-state index in [1.165, 1.54) is 0 Å². The van der Waals surface area contributed by atoms with E-state index in [-0.39, 0.29) is 6.03 Å². The minimum Gasteiger partial charge on any atom is -0.381 e. The van der Waals surface area contributed by atoms with Crippen molar-refractivity contribution in [2.75, 3.05) is 25.1 Å². The molecular formula is C13H19IN2O2. The summed E-state index contributed by atoms with van der Waals surface area (Å²) in [5, 5.41) is 5.57. The second-order valence-electron chi connectivity index (χ2n) is 3.85. The summed E-state index contributed by atoms with van der Waals surface area (Å²) >= 11 is 2.23. The van der Waals surface area contributed by atoms with Crippen LogP contribution in [0.5, 0.6) is 0 Å². The number of hydrogen-bond donors (Lipinski definition) is 2. The van der Waals surface area contributed by atoms with Crippen molar-refractivity contribution in [3.8, 4) is 0 Å². The number of anilines is 1. The standard InChI is InChI=1S/C13H19IN2O2/c1-2-9-18-10-3-8-15-13(17)16-12-6-4-11(14)5-7-12/h4-7H,2-3,8-10H2,1H3,(H2,15,16,17). The minimum absolute atomic E-state index is 0.174. The fourth-order valence-electron chi connectivity index (χ4n) is 1.33. The lowest BCUT2D eigenvalue weighted by molar-refractivity contribution is 0.132. The zero-order valence-corrected chi connectivity index (χ0v) is 12.7. The maximum absolute atomic E-state index is 11.5. The van der Waals surface area contributed by atoms with Crippen LogP contribution in [0.1, 0.15) is 19.8 Å². The van der Waals surface area contributed by atoms with Crippen molar-refractivity contribution >= 4 is 34.3 Å². The molecule has 0 saturated carbocycles. The topological polar surface area (TPSA) is 50.4 Å². The fourth-order valence-corrected chi connectivity index (χ4v) is 1.69. The van der Waals surface area contributed by atoms with Gasteiger partial charge in [-0.3, -0.25) is 0 Å². The van der Waals surface area contributed by atoms with Crippen molar-refractivity contribution in [1.82, 2.24) is 5.32 Å². The molecule has 0 aliphatic carbocycles. The number of halogens is 1. The van der Waals surface area contributed by atoms with Gasteiger partial charge in [0.25, 0.3) is 0 Å². The maximum atomic E-state index is 11.5.